The molecule has 2 unspecified atom stereocenters. The number of hydrogen-bond donors (Lipinski definition) is 2. The molecule has 29 heavy (non-hydrogen) atoms. The number of rotatable bonds is 5. The molecule has 0 aliphatic carbocycles. The van der Waals surface area contributed by atoms with Crippen LogP contribution in [0.4, 0.5) is 5.69 Å². The highest BCUT2D eigenvalue weighted by Crippen LogP contribution is 2.38. The molecule has 7 nitrogen and oxygen atoms in total. The zero-order chi connectivity index (χ0) is 20.4. The number of anilines is 1. The molecule has 4 rings (SSSR count). The van der Waals surface area contributed by atoms with Crippen LogP contribution in [0.3, 0.4) is 0 Å². The Morgan fingerprint density at radius 3 is 2.69 bits per heavy atom. The number of para-hydroxylation sites is 1. The molecule has 0 radical (unpaired) electrons. The van der Waals surface area contributed by atoms with Crippen molar-refractivity contribution in [2.45, 2.75) is 29.8 Å². The number of fused-ring (bicyclic) bond motifs is 1. The average Bonchev–Trinajstić information content (AvgIpc) is 3.16. The van der Waals surface area contributed by atoms with Crippen molar-refractivity contribution in [1.29, 1.82) is 0 Å². The van der Waals surface area contributed by atoms with Crippen molar-refractivity contribution >= 4 is 35.0 Å². The number of thioether (sulfide) groups is 1. The van der Waals surface area contributed by atoms with E-state index in [1.807, 2.05) is 48.0 Å². The van der Waals surface area contributed by atoms with Crippen molar-refractivity contribution < 1.29 is 9.53 Å². The molecule has 1 aromatic heterocycles. The van der Waals surface area contributed by atoms with E-state index in [2.05, 4.69) is 20.9 Å². The SMILES string of the molecule is CCc1nnc2n1NC(c1ccc(OC)cc1)C(C(=O)Nc1ccccc1Cl)S2. The lowest BCUT2D eigenvalue weighted by Gasteiger charge is -2.33. The minimum Gasteiger partial charge on any atom is -0.497 e. The van der Waals surface area contributed by atoms with Crippen molar-refractivity contribution in [1.82, 2.24) is 14.9 Å². The number of carbonyl (C=O) groups is 1. The van der Waals surface area contributed by atoms with Gasteiger partial charge in [0.15, 0.2) is 5.82 Å². The summed E-state index contributed by atoms with van der Waals surface area (Å²) in [4.78, 5) is 13.2. The van der Waals surface area contributed by atoms with Crippen molar-refractivity contribution in [3.05, 3.63) is 64.9 Å². The zero-order valence-electron chi connectivity index (χ0n) is 15.9. The number of hydrogen-bond acceptors (Lipinski definition) is 6. The quantitative estimate of drug-likeness (QED) is 0.640. The number of halogens is 1. The first kappa shape index (κ1) is 19.6. The summed E-state index contributed by atoms with van der Waals surface area (Å²) in [5.74, 6) is 1.41. The van der Waals surface area contributed by atoms with Crippen LogP contribution in [0.5, 0.6) is 5.75 Å². The van der Waals surface area contributed by atoms with Crippen LogP contribution in [0.1, 0.15) is 24.4 Å². The molecule has 2 heterocycles. The van der Waals surface area contributed by atoms with E-state index >= 15 is 0 Å². The second kappa shape index (κ2) is 8.34. The van der Waals surface area contributed by atoms with Crippen molar-refractivity contribution in [2.75, 3.05) is 17.9 Å². The molecular weight excluding hydrogens is 410 g/mol. The molecule has 1 aliphatic rings. The lowest BCUT2D eigenvalue weighted by Crippen LogP contribution is -2.41. The zero-order valence-corrected chi connectivity index (χ0v) is 17.5. The Balaban J connectivity index is 1.68. The van der Waals surface area contributed by atoms with E-state index in [0.29, 0.717) is 15.9 Å². The van der Waals surface area contributed by atoms with Gasteiger partial charge in [-0.15, -0.1) is 10.2 Å². The third-order valence-corrected chi connectivity index (χ3v) is 6.23. The molecule has 2 N–H and O–H groups in total. The highest BCUT2D eigenvalue weighted by atomic mass is 35.5. The number of aryl methyl sites for hydroxylation is 1. The predicted octanol–water partition coefficient (Wildman–Crippen LogP) is 3.90. The van der Waals surface area contributed by atoms with E-state index in [0.717, 1.165) is 23.6 Å². The van der Waals surface area contributed by atoms with Gasteiger partial charge in [0, 0.05) is 6.42 Å². The Labute approximate surface area is 177 Å². The molecule has 0 bridgehead atoms. The third-order valence-electron chi connectivity index (χ3n) is 4.68. The Hall–Kier alpha value is -2.71. The second-order valence-electron chi connectivity index (χ2n) is 6.48. The minimum atomic E-state index is -0.471. The van der Waals surface area contributed by atoms with Crippen LogP contribution < -0.4 is 15.5 Å². The van der Waals surface area contributed by atoms with Crippen molar-refractivity contribution in [3.8, 4) is 5.75 Å². The molecule has 2 atom stereocenters. The number of ether oxygens (including phenoxy) is 1. The van der Waals surface area contributed by atoms with Crippen LogP contribution in [0.15, 0.2) is 53.7 Å². The van der Waals surface area contributed by atoms with E-state index in [1.54, 1.807) is 19.2 Å². The summed E-state index contributed by atoms with van der Waals surface area (Å²) >= 11 is 7.60. The standard InChI is InChI=1S/C20H20ClN5O2S/c1-3-16-23-24-20-26(16)25-17(12-8-10-13(28-2)11-9-12)18(29-20)19(27)22-15-7-5-4-6-14(15)21/h4-11,17-18,25H,3H2,1-2H3,(H,22,27). The number of nitrogens with zero attached hydrogens (tertiary/aromatic N) is 3. The van der Waals surface area contributed by atoms with E-state index in [4.69, 9.17) is 16.3 Å². The smallest absolute Gasteiger partial charge is 0.240 e. The summed E-state index contributed by atoms with van der Waals surface area (Å²) in [6.45, 7) is 2.02. The number of amides is 1. The maximum atomic E-state index is 13.2. The molecule has 0 spiro atoms. The maximum Gasteiger partial charge on any atom is 0.240 e. The van der Waals surface area contributed by atoms with Crippen molar-refractivity contribution in [2.24, 2.45) is 0 Å². The first-order valence-corrected chi connectivity index (χ1v) is 10.4. The largest absolute Gasteiger partial charge is 0.497 e. The van der Waals surface area contributed by atoms with Gasteiger partial charge in [-0.3, -0.25) is 4.79 Å². The highest BCUT2D eigenvalue weighted by Gasteiger charge is 2.37. The Kier molecular flexibility index (Phi) is 5.64. The first-order valence-electron chi connectivity index (χ1n) is 9.17. The van der Waals surface area contributed by atoms with Crippen LogP contribution in [-0.2, 0) is 11.2 Å². The molecule has 9 heteroatoms. The fraction of sp³-hybridized carbons (Fsp3) is 0.250. The molecule has 2 aromatic carbocycles. The fourth-order valence-electron chi connectivity index (χ4n) is 3.16. The molecule has 3 aromatic rings. The molecule has 0 saturated carbocycles. The Bertz CT molecular complexity index is 1020. The summed E-state index contributed by atoms with van der Waals surface area (Å²) < 4.78 is 7.12. The topological polar surface area (TPSA) is 81.1 Å². The Morgan fingerprint density at radius 1 is 1.24 bits per heavy atom. The van der Waals surface area contributed by atoms with Gasteiger partial charge >= 0.3 is 0 Å². The van der Waals surface area contributed by atoms with E-state index in [-0.39, 0.29) is 11.9 Å². The molecule has 1 amide bonds. The normalized spacial score (nSPS) is 17.9. The van der Waals surface area contributed by atoms with E-state index in [1.165, 1.54) is 11.8 Å². The predicted molar refractivity (Wildman–Crippen MR) is 114 cm³/mol. The van der Waals surface area contributed by atoms with Crippen molar-refractivity contribution in [3.63, 3.8) is 0 Å². The number of nitrogens with one attached hydrogen (secondary N) is 2. The van der Waals surface area contributed by atoms with Gasteiger partial charge in [0.25, 0.3) is 0 Å². The van der Waals surface area contributed by atoms with E-state index in [9.17, 15) is 4.79 Å². The number of carbonyl (C=O) groups excluding carboxylic acids is 1. The van der Waals surface area contributed by atoms with Gasteiger partial charge in [-0.05, 0) is 29.8 Å². The number of aromatic nitrogens is 3. The van der Waals surface area contributed by atoms with Gasteiger partial charge in [-0.1, -0.05) is 54.6 Å². The molecule has 150 valence electrons. The molecule has 0 saturated heterocycles. The monoisotopic (exact) mass is 429 g/mol. The van der Waals surface area contributed by atoms with Gasteiger partial charge in [-0.25, -0.2) is 4.68 Å². The number of benzene rings is 2. The number of methoxy groups -OCH3 is 1. The molecular formula is C20H20ClN5O2S. The van der Waals surface area contributed by atoms with Gasteiger partial charge in [0.2, 0.25) is 11.1 Å². The van der Waals surface area contributed by atoms with Gasteiger partial charge in [0.1, 0.15) is 11.0 Å². The van der Waals surface area contributed by atoms with E-state index < -0.39 is 5.25 Å². The average molecular weight is 430 g/mol. The summed E-state index contributed by atoms with van der Waals surface area (Å²) in [5.41, 5.74) is 4.95. The lowest BCUT2D eigenvalue weighted by molar-refractivity contribution is -0.116. The maximum absolute atomic E-state index is 13.2. The fourth-order valence-corrected chi connectivity index (χ4v) is 4.44. The summed E-state index contributed by atoms with van der Waals surface area (Å²) in [6.07, 6.45) is 0.729. The van der Waals surface area contributed by atoms with Gasteiger partial charge < -0.3 is 15.5 Å². The van der Waals surface area contributed by atoms with Crippen LogP contribution in [-0.4, -0.2) is 33.1 Å². The second-order valence-corrected chi connectivity index (χ2v) is 7.99. The van der Waals surface area contributed by atoms with Crippen LogP contribution in [0.2, 0.25) is 5.02 Å². The summed E-state index contributed by atoms with van der Waals surface area (Å²) in [5, 5.41) is 12.1. The molecule has 1 aliphatic heterocycles. The summed E-state index contributed by atoms with van der Waals surface area (Å²) in [7, 11) is 1.63. The van der Waals surface area contributed by atoms with Crippen LogP contribution >= 0.6 is 23.4 Å². The Morgan fingerprint density at radius 2 is 2.00 bits per heavy atom. The van der Waals surface area contributed by atoms with Gasteiger partial charge in [-0.2, -0.15) is 0 Å². The summed E-state index contributed by atoms with van der Waals surface area (Å²) in [6, 6.07) is 14.6. The van der Waals surface area contributed by atoms with Gasteiger partial charge in [0.05, 0.1) is 23.9 Å². The molecule has 0 fully saturated rings. The lowest BCUT2D eigenvalue weighted by atomic mass is 10.0. The van der Waals surface area contributed by atoms with Crippen LogP contribution in [0, 0.1) is 0 Å². The van der Waals surface area contributed by atoms with Crippen LogP contribution in [0.25, 0.3) is 0 Å². The highest BCUT2D eigenvalue weighted by molar-refractivity contribution is 8.00. The first-order chi connectivity index (χ1) is 14.1. The third kappa shape index (κ3) is 3.90. The minimum absolute atomic E-state index is 0.163.